The van der Waals surface area contributed by atoms with E-state index in [2.05, 4.69) is 24.4 Å². The van der Waals surface area contributed by atoms with Gasteiger partial charge < -0.3 is 10.1 Å². The van der Waals surface area contributed by atoms with Gasteiger partial charge in [0.05, 0.1) is 6.61 Å². The molecule has 0 aromatic carbocycles. The average molecular weight is 209 g/mol. The molecule has 1 aliphatic rings. The standard InChI is InChI=1S/C12H19NO2/c1-2-3-9-13-12(14)15-10-11-7-5-4-6-8-11/h4-7,11H,2-3,8-10H2,1H3,(H,13,14). The Labute approximate surface area is 91.2 Å². The van der Waals surface area contributed by atoms with Crippen molar-refractivity contribution in [2.24, 2.45) is 5.92 Å². The molecule has 84 valence electrons. The fourth-order valence-corrected chi connectivity index (χ4v) is 1.36. The molecule has 0 saturated heterocycles. The zero-order valence-corrected chi connectivity index (χ0v) is 9.24. The van der Waals surface area contributed by atoms with E-state index in [1.165, 1.54) is 0 Å². The van der Waals surface area contributed by atoms with E-state index >= 15 is 0 Å². The molecular weight excluding hydrogens is 190 g/mol. The smallest absolute Gasteiger partial charge is 0.407 e. The number of amides is 1. The van der Waals surface area contributed by atoms with Crippen LogP contribution < -0.4 is 5.32 Å². The van der Waals surface area contributed by atoms with Crippen molar-refractivity contribution in [1.29, 1.82) is 0 Å². The molecule has 1 atom stereocenters. The Balaban J connectivity index is 2.06. The summed E-state index contributed by atoms with van der Waals surface area (Å²) in [4.78, 5) is 11.2. The lowest BCUT2D eigenvalue weighted by atomic mass is 10.0. The molecule has 1 unspecified atom stereocenters. The lowest BCUT2D eigenvalue weighted by molar-refractivity contribution is 0.134. The van der Waals surface area contributed by atoms with E-state index in [4.69, 9.17) is 4.74 Å². The van der Waals surface area contributed by atoms with Crippen molar-refractivity contribution in [3.63, 3.8) is 0 Å². The van der Waals surface area contributed by atoms with Gasteiger partial charge in [-0.15, -0.1) is 0 Å². The molecular formula is C12H19NO2. The summed E-state index contributed by atoms with van der Waals surface area (Å²) in [6.45, 7) is 3.26. The van der Waals surface area contributed by atoms with Crippen molar-refractivity contribution in [3.05, 3.63) is 24.3 Å². The summed E-state index contributed by atoms with van der Waals surface area (Å²) < 4.78 is 5.09. The number of ether oxygens (including phenoxy) is 1. The molecule has 0 aromatic heterocycles. The Morgan fingerprint density at radius 3 is 3.07 bits per heavy atom. The van der Waals surface area contributed by atoms with Crippen LogP contribution in [0.4, 0.5) is 4.79 Å². The second-order valence-electron chi connectivity index (χ2n) is 3.69. The van der Waals surface area contributed by atoms with Crippen molar-refractivity contribution in [2.45, 2.75) is 26.2 Å². The lowest BCUT2D eigenvalue weighted by Gasteiger charge is -2.13. The fourth-order valence-electron chi connectivity index (χ4n) is 1.36. The molecule has 3 nitrogen and oxygen atoms in total. The highest BCUT2D eigenvalue weighted by molar-refractivity contribution is 5.67. The molecule has 15 heavy (non-hydrogen) atoms. The molecule has 1 aliphatic carbocycles. The normalized spacial score (nSPS) is 18.9. The molecule has 1 N–H and O–H groups in total. The van der Waals surface area contributed by atoms with Gasteiger partial charge in [-0.2, -0.15) is 0 Å². The molecule has 0 saturated carbocycles. The van der Waals surface area contributed by atoms with Crippen molar-refractivity contribution >= 4 is 6.09 Å². The summed E-state index contributed by atoms with van der Waals surface area (Å²) in [6, 6.07) is 0. The molecule has 1 amide bonds. The Kier molecular flexibility index (Phi) is 5.59. The Morgan fingerprint density at radius 2 is 2.40 bits per heavy atom. The summed E-state index contributed by atoms with van der Waals surface area (Å²) in [5.74, 6) is 0.340. The van der Waals surface area contributed by atoms with Crippen molar-refractivity contribution in [1.82, 2.24) is 5.32 Å². The number of allylic oxidation sites excluding steroid dienone is 3. The van der Waals surface area contributed by atoms with Crippen molar-refractivity contribution in [3.8, 4) is 0 Å². The second-order valence-corrected chi connectivity index (χ2v) is 3.69. The number of hydrogen-bond acceptors (Lipinski definition) is 2. The highest BCUT2D eigenvalue weighted by Gasteiger charge is 2.08. The second kappa shape index (κ2) is 7.10. The van der Waals surface area contributed by atoms with E-state index < -0.39 is 0 Å². The Bertz CT molecular complexity index is 246. The van der Waals surface area contributed by atoms with Gasteiger partial charge in [0.15, 0.2) is 0 Å². The van der Waals surface area contributed by atoms with Gasteiger partial charge in [-0.1, -0.05) is 37.6 Å². The fraction of sp³-hybridized carbons (Fsp3) is 0.583. The monoisotopic (exact) mass is 209 g/mol. The highest BCUT2D eigenvalue weighted by atomic mass is 16.5. The molecule has 0 aromatic rings. The quantitative estimate of drug-likeness (QED) is 0.707. The number of nitrogens with one attached hydrogen (secondary N) is 1. The minimum absolute atomic E-state index is 0.300. The van der Waals surface area contributed by atoms with Gasteiger partial charge in [-0.3, -0.25) is 0 Å². The third-order valence-electron chi connectivity index (χ3n) is 2.30. The number of rotatable bonds is 5. The maximum atomic E-state index is 11.2. The summed E-state index contributed by atoms with van der Waals surface area (Å²) in [5.41, 5.74) is 0. The maximum Gasteiger partial charge on any atom is 0.407 e. The summed E-state index contributed by atoms with van der Waals surface area (Å²) in [7, 11) is 0. The van der Waals surface area contributed by atoms with Gasteiger partial charge in [0.2, 0.25) is 0 Å². The third kappa shape index (κ3) is 5.25. The van der Waals surface area contributed by atoms with E-state index in [-0.39, 0.29) is 6.09 Å². The SMILES string of the molecule is CCCCNC(=O)OCC1C=CC=CC1. The van der Waals surface area contributed by atoms with Crippen LogP contribution in [0.15, 0.2) is 24.3 Å². The first-order valence-corrected chi connectivity index (χ1v) is 5.57. The van der Waals surface area contributed by atoms with E-state index in [1.807, 2.05) is 12.2 Å². The zero-order valence-electron chi connectivity index (χ0n) is 9.24. The molecule has 1 rings (SSSR count). The maximum absolute atomic E-state index is 11.2. The predicted octanol–water partition coefficient (Wildman–Crippen LogP) is 2.65. The predicted molar refractivity (Wildman–Crippen MR) is 60.6 cm³/mol. The van der Waals surface area contributed by atoms with Crippen molar-refractivity contribution in [2.75, 3.05) is 13.2 Å². The minimum Gasteiger partial charge on any atom is -0.449 e. The topological polar surface area (TPSA) is 38.3 Å². The molecule has 3 heteroatoms. The van der Waals surface area contributed by atoms with Crippen LogP contribution in [-0.4, -0.2) is 19.2 Å². The molecule has 0 bridgehead atoms. The largest absolute Gasteiger partial charge is 0.449 e. The van der Waals surface area contributed by atoms with Crippen LogP contribution in [-0.2, 0) is 4.74 Å². The number of unbranched alkanes of at least 4 members (excludes halogenated alkanes) is 1. The number of carbonyl (C=O) groups excluding carboxylic acids is 1. The van der Waals surface area contributed by atoms with Gasteiger partial charge in [-0.25, -0.2) is 4.79 Å². The Morgan fingerprint density at radius 1 is 1.53 bits per heavy atom. The van der Waals surface area contributed by atoms with Crippen LogP contribution in [0, 0.1) is 5.92 Å². The van der Waals surface area contributed by atoms with Crippen LogP contribution in [0.2, 0.25) is 0 Å². The first kappa shape index (κ1) is 11.8. The molecule has 0 heterocycles. The first-order chi connectivity index (χ1) is 7.33. The van der Waals surface area contributed by atoms with Crippen LogP contribution in [0.1, 0.15) is 26.2 Å². The molecule has 0 spiro atoms. The van der Waals surface area contributed by atoms with E-state index in [9.17, 15) is 4.79 Å². The van der Waals surface area contributed by atoms with Crippen LogP contribution in [0.25, 0.3) is 0 Å². The van der Waals surface area contributed by atoms with Crippen molar-refractivity contribution < 1.29 is 9.53 Å². The number of alkyl carbamates (subject to hydrolysis) is 1. The summed E-state index contributed by atoms with van der Waals surface area (Å²) in [6.07, 6.45) is 10.9. The molecule has 0 radical (unpaired) electrons. The van der Waals surface area contributed by atoms with Crippen LogP contribution >= 0.6 is 0 Å². The van der Waals surface area contributed by atoms with Gasteiger partial charge in [0.1, 0.15) is 0 Å². The number of carbonyl (C=O) groups is 1. The number of hydrogen-bond donors (Lipinski definition) is 1. The van der Waals surface area contributed by atoms with Gasteiger partial charge in [0.25, 0.3) is 0 Å². The molecule has 0 fully saturated rings. The van der Waals surface area contributed by atoms with Gasteiger partial charge >= 0.3 is 6.09 Å². The van der Waals surface area contributed by atoms with Crippen LogP contribution in [0.5, 0.6) is 0 Å². The third-order valence-corrected chi connectivity index (χ3v) is 2.30. The van der Waals surface area contributed by atoms with Crippen LogP contribution in [0.3, 0.4) is 0 Å². The van der Waals surface area contributed by atoms with E-state index in [0.29, 0.717) is 19.1 Å². The minimum atomic E-state index is -0.300. The highest BCUT2D eigenvalue weighted by Crippen LogP contribution is 2.11. The summed E-state index contributed by atoms with van der Waals surface area (Å²) in [5, 5.41) is 2.72. The van der Waals surface area contributed by atoms with Gasteiger partial charge in [0, 0.05) is 12.5 Å². The Hall–Kier alpha value is -1.25. The lowest BCUT2D eigenvalue weighted by Crippen LogP contribution is -2.27. The van der Waals surface area contributed by atoms with E-state index in [0.717, 1.165) is 19.3 Å². The van der Waals surface area contributed by atoms with Gasteiger partial charge in [-0.05, 0) is 12.8 Å². The zero-order chi connectivity index (χ0) is 10.9. The average Bonchev–Trinajstić information content (AvgIpc) is 2.28. The summed E-state index contributed by atoms with van der Waals surface area (Å²) >= 11 is 0. The van der Waals surface area contributed by atoms with E-state index in [1.54, 1.807) is 0 Å². The molecule has 0 aliphatic heterocycles. The first-order valence-electron chi connectivity index (χ1n) is 5.57.